The first-order valence-corrected chi connectivity index (χ1v) is 13.7. The number of hydrogen-bond donors (Lipinski definition) is 3. The van der Waals surface area contributed by atoms with Crippen molar-refractivity contribution >= 4 is 5.91 Å². The third kappa shape index (κ3) is 7.70. The summed E-state index contributed by atoms with van der Waals surface area (Å²) in [5.74, 6) is 0.735. The molecule has 0 saturated carbocycles. The molecule has 12 nitrogen and oxygen atoms in total. The molecule has 3 aromatic heterocycles. The van der Waals surface area contributed by atoms with Crippen LogP contribution in [-0.2, 0) is 17.8 Å². The van der Waals surface area contributed by atoms with Crippen LogP contribution >= 0.6 is 0 Å². The summed E-state index contributed by atoms with van der Waals surface area (Å²) in [5.41, 5.74) is 2.28. The Labute approximate surface area is 223 Å². The number of rotatable bonds is 14. The average molecular weight is 529 g/mol. The highest BCUT2D eigenvalue weighted by atomic mass is 16.5. The summed E-state index contributed by atoms with van der Waals surface area (Å²) in [4.78, 5) is 14.0. The number of aliphatic hydroxyl groups is 1. The van der Waals surface area contributed by atoms with Crippen molar-refractivity contribution in [2.24, 2.45) is 5.92 Å². The zero-order valence-corrected chi connectivity index (χ0v) is 23.0. The molecule has 2 unspecified atom stereocenters. The molecule has 1 saturated heterocycles. The monoisotopic (exact) mass is 528 g/mol. The van der Waals surface area contributed by atoms with Gasteiger partial charge < -0.3 is 15.2 Å². The van der Waals surface area contributed by atoms with Crippen molar-refractivity contribution < 1.29 is 19.4 Å². The van der Waals surface area contributed by atoms with Crippen LogP contribution in [0.4, 0.5) is 0 Å². The zero-order valence-electron chi connectivity index (χ0n) is 23.0. The largest absolute Gasteiger partial charge is 0.386 e. The molecule has 3 N–H and O–H groups in total. The Balaban J connectivity index is 1.16. The molecular formula is C26H42N9O3+. The van der Waals surface area contributed by atoms with E-state index >= 15 is 0 Å². The molecule has 0 radical (unpaired) electrons. The molecule has 0 aliphatic carbocycles. The Bertz CT molecular complexity index is 1150. The second kappa shape index (κ2) is 13.1. The number of aromatic nitrogens is 8. The fourth-order valence-corrected chi connectivity index (χ4v) is 4.56. The Morgan fingerprint density at radius 2 is 2.05 bits per heavy atom. The molecule has 4 rings (SSSR count). The van der Waals surface area contributed by atoms with E-state index in [4.69, 9.17) is 9.84 Å². The van der Waals surface area contributed by atoms with E-state index < -0.39 is 6.10 Å². The number of carbonyl (C=O) groups is 1. The van der Waals surface area contributed by atoms with Gasteiger partial charge in [0.05, 0.1) is 24.7 Å². The number of nitrogens with zero attached hydrogens (tertiary/aromatic N) is 7. The third-order valence-corrected chi connectivity index (χ3v) is 7.19. The quantitative estimate of drug-likeness (QED) is 0.272. The van der Waals surface area contributed by atoms with E-state index in [2.05, 4.69) is 45.7 Å². The molecule has 1 fully saturated rings. The number of aromatic amines is 1. The first-order chi connectivity index (χ1) is 18.3. The van der Waals surface area contributed by atoms with Gasteiger partial charge >= 0.3 is 0 Å². The predicted octanol–water partition coefficient (Wildman–Crippen LogP) is 1.97. The van der Waals surface area contributed by atoms with Crippen LogP contribution in [0.25, 0.3) is 0 Å². The molecular weight excluding hydrogens is 486 g/mol. The summed E-state index contributed by atoms with van der Waals surface area (Å²) in [6.07, 6.45) is 8.40. The van der Waals surface area contributed by atoms with E-state index in [0.717, 1.165) is 50.4 Å². The maximum atomic E-state index is 12.3. The Morgan fingerprint density at radius 1 is 1.24 bits per heavy atom. The maximum absolute atomic E-state index is 12.3. The van der Waals surface area contributed by atoms with E-state index in [-0.39, 0.29) is 23.8 Å². The van der Waals surface area contributed by atoms with Gasteiger partial charge in [0.25, 0.3) is 5.91 Å². The lowest BCUT2D eigenvalue weighted by molar-refractivity contribution is -0.807. The van der Waals surface area contributed by atoms with E-state index in [0.29, 0.717) is 31.1 Å². The summed E-state index contributed by atoms with van der Waals surface area (Å²) in [5, 5.41) is 33.9. The molecule has 0 bridgehead atoms. The van der Waals surface area contributed by atoms with Crippen LogP contribution in [0.5, 0.6) is 0 Å². The van der Waals surface area contributed by atoms with Gasteiger partial charge in [-0.1, -0.05) is 19.1 Å². The first kappa shape index (κ1) is 27.9. The zero-order chi connectivity index (χ0) is 27.1. The van der Waals surface area contributed by atoms with Crippen LogP contribution in [0.2, 0.25) is 0 Å². The number of nitrogens with one attached hydrogen (secondary N) is 2. The molecule has 4 atom stereocenters. The van der Waals surface area contributed by atoms with Gasteiger partial charge in [-0.2, -0.15) is 5.10 Å². The highest BCUT2D eigenvalue weighted by Gasteiger charge is 2.21. The van der Waals surface area contributed by atoms with Crippen molar-refractivity contribution in [3.8, 4) is 0 Å². The lowest BCUT2D eigenvalue weighted by Gasteiger charge is -2.11. The van der Waals surface area contributed by atoms with Gasteiger partial charge in [-0.15, -0.1) is 10.2 Å². The third-order valence-electron chi connectivity index (χ3n) is 7.19. The van der Waals surface area contributed by atoms with Crippen LogP contribution in [0, 0.1) is 5.92 Å². The number of aliphatic hydroxyl groups excluding tert-OH is 1. The minimum absolute atomic E-state index is 0.141. The van der Waals surface area contributed by atoms with Crippen LogP contribution in [0.3, 0.4) is 0 Å². The maximum Gasteiger partial charge on any atom is 0.273 e. The Kier molecular flexibility index (Phi) is 9.62. The topological polar surface area (TPSA) is 140 Å². The summed E-state index contributed by atoms with van der Waals surface area (Å²) in [7, 11) is 0. The summed E-state index contributed by atoms with van der Waals surface area (Å²) < 4.78 is 9.14. The molecule has 1 amide bonds. The number of amides is 1. The molecule has 38 heavy (non-hydrogen) atoms. The van der Waals surface area contributed by atoms with Crippen molar-refractivity contribution in [3.05, 3.63) is 41.7 Å². The minimum atomic E-state index is -0.506. The van der Waals surface area contributed by atoms with E-state index in [9.17, 15) is 9.90 Å². The predicted molar refractivity (Wildman–Crippen MR) is 139 cm³/mol. The lowest BCUT2D eigenvalue weighted by atomic mass is 10.00. The van der Waals surface area contributed by atoms with Crippen LogP contribution < -0.4 is 10.1 Å². The van der Waals surface area contributed by atoms with Crippen molar-refractivity contribution in [1.82, 2.24) is 40.3 Å². The summed E-state index contributed by atoms with van der Waals surface area (Å²) in [6.45, 7) is 11.7. The number of ether oxygens (including phenoxy) is 1. The van der Waals surface area contributed by atoms with E-state index in [1.165, 1.54) is 0 Å². The molecule has 4 heterocycles. The smallest absolute Gasteiger partial charge is 0.273 e. The van der Waals surface area contributed by atoms with Crippen LogP contribution in [0.15, 0.2) is 24.7 Å². The van der Waals surface area contributed by atoms with Crippen molar-refractivity contribution in [1.29, 1.82) is 0 Å². The fourth-order valence-electron chi connectivity index (χ4n) is 4.56. The van der Waals surface area contributed by atoms with Crippen molar-refractivity contribution in [2.45, 2.75) is 90.4 Å². The number of H-pyrrole nitrogens is 1. The molecule has 12 heteroatoms. The average Bonchev–Trinajstić information content (AvgIpc) is 3.70. The highest BCUT2D eigenvalue weighted by molar-refractivity contribution is 5.91. The van der Waals surface area contributed by atoms with Crippen LogP contribution in [0.1, 0.15) is 93.1 Å². The van der Waals surface area contributed by atoms with Gasteiger partial charge in [-0.3, -0.25) is 9.48 Å². The lowest BCUT2D eigenvalue weighted by Crippen LogP contribution is -2.44. The second-order valence-electron chi connectivity index (χ2n) is 10.8. The second-order valence-corrected chi connectivity index (χ2v) is 10.8. The van der Waals surface area contributed by atoms with Crippen molar-refractivity contribution in [2.75, 3.05) is 19.8 Å². The standard InChI is InChI=1S/C26H41N9O3/c1-18(2)34-16-25(29-32-34)26(37)27-10-7-20(4)24-13-28-35(31-24)15-22(36)6-5-19(3)23-8-11-33(30-23)14-21-9-12-38-17-21/h8,11,13,16,18-22,36H,5-7,9-10,12,14-15,17H2,1-4H3,(H,27,37)/p+1/t19?,20?,21-,22+/m0/s1. The molecule has 1 aliphatic rings. The molecule has 0 aromatic carbocycles. The summed E-state index contributed by atoms with van der Waals surface area (Å²) >= 11 is 0. The Hall–Kier alpha value is -3.12. The van der Waals surface area contributed by atoms with Gasteiger partial charge in [0.1, 0.15) is 11.8 Å². The van der Waals surface area contributed by atoms with Gasteiger partial charge in [-0.05, 0) is 50.4 Å². The summed E-state index contributed by atoms with van der Waals surface area (Å²) in [6, 6.07) is 2.24. The Morgan fingerprint density at radius 3 is 2.79 bits per heavy atom. The van der Waals surface area contributed by atoms with E-state index in [1.54, 1.807) is 15.7 Å². The minimum Gasteiger partial charge on any atom is -0.386 e. The molecule has 1 aliphatic heterocycles. The SMILES string of the molecule is CC(CC[C@@H](O)C[n+]1nc(C(C)CCNC(=O)c2cn(C(C)C)nn2)c[nH]1)c1ccn(C[C@@H]2CCOC2)n1. The van der Waals surface area contributed by atoms with Crippen molar-refractivity contribution in [3.63, 3.8) is 0 Å². The van der Waals surface area contributed by atoms with E-state index in [1.807, 2.05) is 30.9 Å². The first-order valence-electron chi connectivity index (χ1n) is 13.7. The van der Waals surface area contributed by atoms with Gasteiger partial charge in [0, 0.05) is 54.8 Å². The molecule has 208 valence electrons. The van der Waals surface area contributed by atoms with Gasteiger partial charge in [-0.25, -0.2) is 4.68 Å². The number of carbonyl (C=O) groups excluding carboxylic acids is 1. The highest BCUT2D eigenvalue weighted by Crippen LogP contribution is 2.21. The van der Waals surface area contributed by atoms with Gasteiger partial charge in [0.2, 0.25) is 6.54 Å². The number of hydrogen-bond acceptors (Lipinski definition) is 7. The fraction of sp³-hybridized carbons (Fsp3) is 0.692. The molecule has 0 spiro atoms. The van der Waals surface area contributed by atoms with Crippen LogP contribution in [-0.4, -0.2) is 71.8 Å². The molecule has 3 aromatic rings. The normalized spacial score (nSPS) is 18.1. The van der Waals surface area contributed by atoms with Gasteiger partial charge in [0.15, 0.2) is 5.69 Å².